The third-order valence-corrected chi connectivity index (χ3v) is 4.19. The molecule has 0 N–H and O–H groups in total. The normalized spacial score (nSPS) is 16.8. The van der Waals surface area contributed by atoms with Crippen LogP contribution in [0.1, 0.15) is 23.5 Å². The highest BCUT2D eigenvalue weighted by molar-refractivity contribution is 6.75. The van der Waals surface area contributed by atoms with Crippen molar-refractivity contribution in [3.05, 3.63) is 53.2 Å². The number of nitrogens with zero attached hydrogens (tertiary/aromatic N) is 1. The second kappa shape index (κ2) is 5.53. The summed E-state index contributed by atoms with van der Waals surface area (Å²) in [5.74, 6) is -1.32. The van der Waals surface area contributed by atoms with Gasteiger partial charge in [0.2, 0.25) is 5.69 Å². The lowest BCUT2D eigenvalue weighted by atomic mass is 10.0. The fourth-order valence-corrected chi connectivity index (χ4v) is 3.36. The van der Waals surface area contributed by atoms with Crippen LogP contribution in [-0.4, -0.2) is 8.07 Å². The maximum Gasteiger partial charge on any atom is 0.212 e. The monoisotopic (exact) mass is 289 g/mol. The minimum Gasteiger partial charge on any atom is -0.201 e. The van der Waals surface area contributed by atoms with Crippen molar-refractivity contribution < 1.29 is 11.4 Å². The Bertz CT molecular complexity index is 791. The molecule has 2 heteroatoms. The number of rotatable bonds is 3. The molecule has 0 atom stereocenters. The smallest absolute Gasteiger partial charge is 0.201 e. The summed E-state index contributed by atoms with van der Waals surface area (Å²) in [6.45, 7) is 5.87. The zero-order valence-electron chi connectivity index (χ0n) is 17.9. The van der Waals surface area contributed by atoms with Crippen molar-refractivity contribution in [1.82, 2.24) is 0 Å². The van der Waals surface area contributed by atoms with Crippen molar-refractivity contribution in [2.75, 3.05) is 0 Å². The first-order valence-corrected chi connectivity index (χ1v) is 10.4. The van der Waals surface area contributed by atoms with Crippen LogP contribution >= 0.6 is 0 Å². The van der Waals surface area contributed by atoms with Gasteiger partial charge in [0.15, 0.2) is 6.20 Å². The van der Waals surface area contributed by atoms with Crippen LogP contribution in [0.3, 0.4) is 0 Å². The summed E-state index contributed by atoms with van der Waals surface area (Å²) in [7, 11) is -0.128. The first-order chi connectivity index (χ1) is 11.2. The molecule has 1 nitrogen and oxygen atoms in total. The van der Waals surface area contributed by atoms with Crippen LogP contribution < -0.4 is 4.57 Å². The van der Waals surface area contributed by atoms with Crippen LogP contribution in [-0.2, 0) is 13.0 Å². The summed E-state index contributed by atoms with van der Waals surface area (Å²) in [5.41, 5.74) is 3.81. The standard InChI is InChI=1S/C18H26NSi/c1-14-7-9-17(15(2)11-14)18-10-8-16(12-19(18)3)13-20(4,5)6/h7-12H,13H2,1-6H3/q+1/i1D3,13D2. The predicted octanol–water partition coefficient (Wildman–Crippen LogP) is 4.21. The quantitative estimate of drug-likeness (QED) is 0.588. The molecule has 1 heterocycles. The van der Waals surface area contributed by atoms with E-state index in [1.165, 1.54) is 0 Å². The topological polar surface area (TPSA) is 3.88 Å². The molecule has 20 heavy (non-hydrogen) atoms. The fourth-order valence-electron chi connectivity index (χ4n) is 2.35. The molecule has 0 bridgehead atoms. The van der Waals surface area contributed by atoms with E-state index in [9.17, 15) is 0 Å². The summed E-state index contributed by atoms with van der Waals surface area (Å²) in [5, 5.41) is 0. The van der Waals surface area contributed by atoms with Crippen molar-refractivity contribution in [2.45, 2.75) is 39.4 Å². The summed E-state index contributed by atoms with van der Waals surface area (Å²) < 4.78 is 41.5. The third-order valence-electron chi connectivity index (χ3n) is 3.16. The summed E-state index contributed by atoms with van der Waals surface area (Å²) in [6, 6.07) is 8.96. The maximum atomic E-state index is 8.48. The van der Waals surface area contributed by atoms with Crippen LogP contribution in [0.15, 0.2) is 36.5 Å². The molecule has 0 radical (unpaired) electrons. The lowest BCUT2D eigenvalue weighted by Crippen LogP contribution is -2.33. The Labute approximate surface area is 131 Å². The number of pyridine rings is 1. The van der Waals surface area contributed by atoms with Gasteiger partial charge in [-0.25, -0.2) is 4.57 Å². The van der Waals surface area contributed by atoms with Gasteiger partial charge in [0.05, 0.1) is 0 Å². The molecule has 0 spiro atoms. The second-order valence-corrected chi connectivity index (χ2v) is 11.1. The van der Waals surface area contributed by atoms with Crippen molar-refractivity contribution in [3.8, 4) is 11.3 Å². The van der Waals surface area contributed by atoms with Gasteiger partial charge in [0, 0.05) is 32.1 Å². The summed E-state index contributed by atoms with van der Waals surface area (Å²) >= 11 is 0. The Morgan fingerprint density at radius 3 is 2.50 bits per heavy atom. The van der Waals surface area contributed by atoms with Gasteiger partial charge in [-0.15, -0.1) is 0 Å². The Hall–Kier alpha value is -1.41. The van der Waals surface area contributed by atoms with Crippen molar-refractivity contribution in [1.29, 1.82) is 0 Å². The van der Waals surface area contributed by atoms with E-state index >= 15 is 0 Å². The van der Waals surface area contributed by atoms with Crippen LogP contribution in [0.5, 0.6) is 0 Å². The molecule has 1 aromatic carbocycles. The fraction of sp³-hybridized carbons (Fsp3) is 0.389. The highest BCUT2D eigenvalue weighted by atomic mass is 28.3. The van der Waals surface area contributed by atoms with Gasteiger partial charge in [-0.3, -0.25) is 0 Å². The highest BCUT2D eigenvalue weighted by Crippen LogP contribution is 2.22. The van der Waals surface area contributed by atoms with Gasteiger partial charge in [0.25, 0.3) is 0 Å². The van der Waals surface area contributed by atoms with Crippen molar-refractivity contribution >= 4 is 8.07 Å². The van der Waals surface area contributed by atoms with Crippen LogP contribution in [0.2, 0.25) is 19.6 Å². The number of aromatic nitrogens is 1. The molecule has 0 unspecified atom stereocenters. The van der Waals surface area contributed by atoms with E-state index in [-0.39, 0.29) is 0 Å². The van der Waals surface area contributed by atoms with Crippen molar-refractivity contribution in [2.24, 2.45) is 7.05 Å². The number of hydrogen-bond acceptors (Lipinski definition) is 0. The lowest BCUT2D eigenvalue weighted by Gasteiger charge is -2.15. The van der Waals surface area contributed by atoms with Gasteiger partial charge in [-0.05, 0) is 37.5 Å². The van der Waals surface area contributed by atoms with Gasteiger partial charge in [-0.1, -0.05) is 37.3 Å². The molecule has 2 rings (SSSR count). The summed E-state index contributed by atoms with van der Waals surface area (Å²) in [4.78, 5) is 0. The average molecular weight is 290 g/mol. The molecule has 0 saturated heterocycles. The molecule has 0 saturated carbocycles. The molecule has 2 aromatic rings. The number of aryl methyl sites for hydroxylation is 3. The first kappa shape index (κ1) is 9.51. The van der Waals surface area contributed by atoms with Crippen LogP contribution in [0, 0.1) is 13.8 Å². The Morgan fingerprint density at radius 2 is 1.95 bits per heavy atom. The van der Waals surface area contributed by atoms with Crippen LogP contribution in [0.25, 0.3) is 11.3 Å². The molecule has 0 aliphatic carbocycles. The lowest BCUT2D eigenvalue weighted by molar-refractivity contribution is -0.660. The Kier molecular flexibility index (Phi) is 2.63. The van der Waals surface area contributed by atoms with E-state index in [0.29, 0.717) is 11.1 Å². The highest BCUT2D eigenvalue weighted by Gasteiger charge is 2.18. The Morgan fingerprint density at radius 1 is 1.20 bits per heavy atom. The van der Waals surface area contributed by atoms with Gasteiger partial charge in [0.1, 0.15) is 7.05 Å². The minimum atomic E-state index is -2.11. The molecule has 0 aliphatic rings. The van der Waals surface area contributed by atoms with Gasteiger partial charge in [-0.2, -0.15) is 0 Å². The maximum absolute atomic E-state index is 8.48. The van der Waals surface area contributed by atoms with Crippen molar-refractivity contribution in [3.63, 3.8) is 0 Å². The Balaban J connectivity index is 2.50. The molecule has 0 aliphatic heterocycles. The average Bonchev–Trinajstić information content (AvgIpc) is 2.45. The van der Waals surface area contributed by atoms with Crippen LogP contribution in [0.4, 0.5) is 0 Å². The predicted molar refractivity (Wildman–Crippen MR) is 89.6 cm³/mol. The zero-order chi connectivity index (χ0) is 19.2. The first-order valence-electron chi connectivity index (χ1n) is 9.37. The minimum absolute atomic E-state index is 0.336. The zero-order valence-corrected chi connectivity index (χ0v) is 13.9. The van der Waals surface area contributed by atoms with Gasteiger partial charge >= 0.3 is 0 Å². The van der Waals surface area contributed by atoms with Gasteiger partial charge < -0.3 is 0 Å². The number of benzene rings is 1. The van der Waals surface area contributed by atoms with E-state index in [0.717, 1.165) is 16.8 Å². The molecular formula is C18H26NSi+. The molecule has 1 aromatic heterocycles. The second-order valence-electron chi connectivity index (χ2n) is 6.32. The number of hydrogen-bond donors (Lipinski definition) is 0. The van der Waals surface area contributed by atoms with E-state index in [1.54, 1.807) is 12.1 Å². The molecule has 0 amide bonds. The molecular weight excluding hydrogens is 258 g/mol. The molecule has 0 fully saturated rings. The largest absolute Gasteiger partial charge is 0.212 e. The third kappa shape index (κ3) is 3.57. The SMILES string of the molecule is [2H]C([2H])([2H])c1ccc(-c2ccc(C([2H])([2H])[Si](C)(C)C)c[n+]2C)c(C)c1. The molecule has 106 valence electrons. The van der Waals surface area contributed by atoms with E-state index in [2.05, 4.69) is 0 Å². The summed E-state index contributed by atoms with van der Waals surface area (Å²) in [6.07, 6.45) is 1.85. The van der Waals surface area contributed by atoms with E-state index in [1.807, 2.05) is 62.6 Å². The van der Waals surface area contributed by atoms with E-state index < -0.39 is 20.9 Å². The van der Waals surface area contributed by atoms with E-state index in [4.69, 9.17) is 6.85 Å².